The Balaban J connectivity index is 1.52. The second-order valence-corrected chi connectivity index (χ2v) is 10.3. The molecular formula is C28H38N8O3. The van der Waals surface area contributed by atoms with Crippen LogP contribution < -0.4 is 21.3 Å². The first-order chi connectivity index (χ1) is 18.6. The molecule has 39 heavy (non-hydrogen) atoms. The molecule has 0 spiro atoms. The second-order valence-electron chi connectivity index (χ2n) is 10.3. The summed E-state index contributed by atoms with van der Waals surface area (Å²) in [7, 11) is 3.35. The van der Waals surface area contributed by atoms with Gasteiger partial charge in [-0.25, -0.2) is 9.78 Å². The first-order valence-electron chi connectivity index (χ1n) is 13.0. The van der Waals surface area contributed by atoms with Crippen molar-refractivity contribution in [3.63, 3.8) is 0 Å². The smallest absolute Gasteiger partial charge is 0.410 e. The van der Waals surface area contributed by atoms with E-state index in [-0.39, 0.29) is 12.5 Å². The molecule has 11 nitrogen and oxygen atoms in total. The molecule has 0 aliphatic heterocycles. The van der Waals surface area contributed by atoms with E-state index in [0.717, 1.165) is 29.8 Å². The summed E-state index contributed by atoms with van der Waals surface area (Å²) >= 11 is 0. The van der Waals surface area contributed by atoms with E-state index >= 15 is 0 Å². The van der Waals surface area contributed by atoms with Crippen molar-refractivity contribution in [1.82, 2.24) is 20.2 Å². The summed E-state index contributed by atoms with van der Waals surface area (Å²) in [5.74, 6) is 7.14. The fraction of sp³-hybridized carbons (Fsp3) is 0.464. The Morgan fingerprint density at radius 1 is 1.28 bits per heavy atom. The Morgan fingerprint density at radius 3 is 2.72 bits per heavy atom. The zero-order chi connectivity index (χ0) is 28.4. The molecule has 2 aromatic rings. The third-order valence-electron chi connectivity index (χ3n) is 5.55. The second kappa shape index (κ2) is 13.5. The first-order valence-corrected chi connectivity index (χ1v) is 13.0. The maximum Gasteiger partial charge on any atom is 0.410 e. The van der Waals surface area contributed by atoms with Gasteiger partial charge >= 0.3 is 6.09 Å². The van der Waals surface area contributed by atoms with Gasteiger partial charge in [-0.3, -0.25) is 4.79 Å². The lowest BCUT2D eigenvalue weighted by molar-refractivity contribution is -0.122. The Hall–Kier alpha value is -4.33. The number of likely N-dealkylation sites (N-methyl/N-ethyl adjacent to an activating group) is 1. The topological polar surface area (TPSA) is 144 Å². The van der Waals surface area contributed by atoms with Gasteiger partial charge in [0.2, 0.25) is 11.9 Å². The molecule has 0 unspecified atom stereocenters. The molecule has 11 heteroatoms. The minimum Gasteiger partial charge on any atom is -0.444 e. The predicted molar refractivity (Wildman–Crippen MR) is 154 cm³/mol. The summed E-state index contributed by atoms with van der Waals surface area (Å²) < 4.78 is 5.25. The standard InChI is InChI=1S/C28H38N8O3/c1-28(2,3)39-27(38)36(5)18-24(37)31-14-8-6-7-9-19-17-32-26(35-25(19)33-21-10-11-21)34-22-12-13-23(30-4)20(15-22)16-29/h12-13,15-17,21,29-30H,6,8,10-11,14,18H2,1-5H3,(H,31,37)(H2,32,33,34,35). The lowest BCUT2D eigenvalue weighted by Gasteiger charge is -2.24. The number of benzene rings is 1. The van der Waals surface area contributed by atoms with Crippen molar-refractivity contribution >= 4 is 41.4 Å². The molecule has 1 saturated carbocycles. The number of nitrogens with one attached hydrogen (secondary N) is 5. The average molecular weight is 535 g/mol. The van der Waals surface area contributed by atoms with Crippen molar-refractivity contribution in [3.8, 4) is 11.8 Å². The van der Waals surface area contributed by atoms with Gasteiger partial charge in [0.15, 0.2) is 0 Å². The molecule has 1 aromatic carbocycles. The largest absolute Gasteiger partial charge is 0.444 e. The summed E-state index contributed by atoms with van der Waals surface area (Å²) in [5, 5.41) is 20.1. The van der Waals surface area contributed by atoms with E-state index in [4.69, 9.17) is 10.1 Å². The number of hydrogen-bond donors (Lipinski definition) is 5. The van der Waals surface area contributed by atoms with Crippen molar-refractivity contribution in [2.24, 2.45) is 0 Å². The predicted octanol–water partition coefficient (Wildman–Crippen LogP) is 3.95. The van der Waals surface area contributed by atoms with Gasteiger partial charge in [-0.2, -0.15) is 4.98 Å². The summed E-state index contributed by atoms with van der Waals surface area (Å²) in [5.41, 5.74) is 2.50. The van der Waals surface area contributed by atoms with E-state index in [1.165, 1.54) is 18.2 Å². The number of hydrogen-bond acceptors (Lipinski definition) is 9. The highest BCUT2D eigenvalue weighted by Crippen LogP contribution is 2.27. The van der Waals surface area contributed by atoms with Crippen molar-refractivity contribution in [2.45, 2.75) is 58.1 Å². The van der Waals surface area contributed by atoms with Crippen molar-refractivity contribution in [1.29, 1.82) is 5.41 Å². The molecule has 0 atom stereocenters. The van der Waals surface area contributed by atoms with Crippen LogP contribution in [0.25, 0.3) is 0 Å². The summed E-state index contributed by atoms with van der Waals surface area (Å²) in [6.45, 7) is 5.72. The van der Waals surface area contributed by atoms with Crippen LogP contribution in [0.1, 0.15) is 57.6 Å². The van der Waals surface area contributed by atoms with Crippen LogP contribution in [0.4, 0.5) is 27.9 Å². The van der Waals surface area contributed by atoms with Crippen LogP contribution in [-0.2, 0) is 9.53 Å². The van der Waals surface area contributed by atoms with E-state index in [2.05, 4.69) is 43.1 Å². The van der Waals surface area contributed by atoms with E-state index in [1.54, 1.807) is 27.0 Å². The van der Waals surface area contributed by atoms with Crippen molar-refractivity contribution in [3.05, 3.63) is 35.5 Å². The van der Waals surface area contributed by atoms with Gasteiger partial charge in [0.05, 0.1) is 11.8 Å². The van der Waals surface area contributed by atoms with Crippen LogP contribution in [0.3, 0.4) is 0 Å². The van der Waals surface area contributed by atoms with Gasteiger partial charge in [-0.15, -0.1) is 0 Å². The molecule has 3 rings (SSSR count). The number of carbonyl (C=O) groups excluding carboxylic acids is 2. The fourth-order valence-electron chi connectivity index (χ4n) is 3.42. The van der Waals surface area contributed by atoms with Gasteiger partial charge in [-0.05, 0) is 58.2 Å². The quantitative estimate of drug-likeness (QED) is 0.166. The number of aromatic nitrogens is 2. The Morgan fingerprint density at radius 2 is 2.05 bits per heavy atom. The van der Waals surface area contributed by atoms with E-state index < -0.39 is 11.7 Å². The fourth-order valence-corrected chi connectivity index (χ4v) is 3.42. The molecule has 0 bridgehead atoms. The number of carbonyl (C=O) groups is 2. The molecular weight excluding hydrogens is 496 g/mol. The van der Waals surface area contributed by atoms with Crippen LogP contribution >= 0.6 is 0 Å². The van der Waals surface area contributed by atoms with E-state index in [0.29, 0.717) is 42.8 Å². The van der Waals surface area contributed by atoms with Crippen molar-refractivity contribution < 1.29 is 14.3 Å². The number of rotatable bonds is 11. The summed E-state index contributed by atoms with van der Waals surface area (Å²) in [4.78, 5) is 34.4. The Kier molecular flexibility index (Phi) is 10.1. The zero-order valence-electron chi connectivity index (χ0n) is 23.3. The van der Waals surface area contributed by atoms with Gasteiger partial charge < -0.3 is 36.3 Å². The number of anilines is 4. The number of ether oxygens (including phenoxy) is 1. The maximum atomic E-state index is 12.1. The molecule has 1 aliphatic rings. The Labute approximate surface area is 230 Å². The van der Waals surface area contributed by atoms with Gasteiger partial charge in [0.25, 0.3) is 0 Å². The first kappa shape index (κ1) is 29.2. The molecule has 0 saturated heterocycles. The third kappa shape index (κ3) is 9.81. The summed E-state index contributed by atoms with van der Waals surface area (Å²) in [6.07, 6.45) is 5.89. The SMILES string of the molecule is CNc1ccc(Nc2ncc(C#CCCCNC(=O)CN(C)C(=O)OC(C)(C)C)c(NC3CC3)n2)cc1C=N. The molecule has 1 aromatic heterocycles. The maximum absolute atomic E-state index is 12.1. The average Bonchev–Trinajstić information content (AvgIpc) is 3.70. The van der Waals surface area contributed by atoms with E-state index in [1.807, 2.05) is 25.2 Å². The minimum atomic E-state index is -0.611. The highest BCUT2D eigenvalue weighted by atomic mass is 16.6. The van der Waals surface area contributed by atoms with Gasteiger partial charge in [-0.1, -0.05) is 11.8 Å². The summed E-state index contributed by atoms with van der Waals surface area (Å²) in [6, 6.07) is 6.05. The molecule has 1 aliphatic carbocycles. The van der Waals surface area contributed by atoms with Crippen molar-refractivity contribution in [2.75, 3.05) is 43.1 Å². The van der Waals surface area contributed by atoms with Crippen LogP contribution in [0.15, 0.2) is 24.4 Å². The Bertz CT molecular complexity index is 1240. The molecule has 5 N–H and O–H groups in total. The normalized spacial score (nSPS) is 12.4. The molecule has 1 heterocycles. The lowest BCUT2D eigenvalue weighted by atomic mass is 10.1. The zero-order valence-corrected chi connectivity index (χ0v) is 23.3. The number of amides is 2. The van der Waals surface area contributed by atoms with Crippen LogP contribution in [0.5, 0.6) is 0 Å². The lowest BCUT2D eigenvalue weighted by Crippen LogP contribution is -2.41. The van der Waals surface area contributed by atoms with Crippen LogP contribution in [0, 0.1) is 17.3 Å². The van der Waals surface area contributed by atoms with E-state index in [9.17, 15) is 9.59 Å². The number of nitrogens with zero attached hydrogens (tertiary/aromatic N) is 3. The molecule has 2 amide bonds. The highest BCUT2D eigenvalue weighted by molar-refractivity contribution is 5.88. The monoisotopic (exact) mass is 534 g/mol. The molecule has 1 fully saturated rings. The van der Waals surface area contributed by atoms with Gasteiger partial charge in [0, 0.05) is 56.3 Å². The van der Waals surface area contributed by atoms with Crippen LogP contribution in [-0.4, -0.2) is 71.9 Å². The number of unbranched alkanes of at least 4 members (excludes halogenated alkanes) is 1. The molecule has 208 valence electrons. The van der Waals surface area contributed by atoms with Crippen LogP contribution in [0.2, 0.25) is 0 Å². The third-order valence-corrected chi connectivity index (χ3v) is 5.55. The van der Waals surface area contributed by atoms with Gasteiger partial charge in [0.1, 0.15) is 18.0 Å². The highest BCUT2D eigenvalue weighted by Gasteiger charge is 2.23. The minimum absolute atomic E-state index is 0.0726. The molecule has 0 radical (unpaired) electrons.